The van der Waals surface area contributed by atoms with Crippen LogP contribution in [-0.2, 0) is 0 Å². The standard InChI is InChI=1S/C23H27FO4Si/c1-23(2,3)29(4,5)28-15-7-9-18-19(13-15)26-11-10-17-16-8-6-14(24)12-20(16)27-22(25)21(17)18/h6-9,12-13,22,25H,10-11H2,1-5H3. The van der Waals surface area contributed by atoms with Crippen LogP contribution in [0.15, 0.2) is 36.4 Å². The molecule has 0 radical (unpaired) electrons. The van der Waals surface area contributed by atoms with E-state index in [9.17, 15) is 9.50 Å². The second-order valence-corrected chi connectivity index (χ2v) is 13.8. The molecule has 0 aliphatic carbocycles. The molecular weight excluding hydrogens is 387 g/mol. The second-order valence-electron chi connectivity index (χ2n) is 9.12. The minimum atomic E-state index is -1.98. The molecule has 2 aliphatic heterocycles. The Hall–Kier alpha value is -2.31. The molecule has 0 aromatic heterocycles. The maximum absolute atomic E-state index is 13.6. The van der Waals surface area contributed by atoms with Crippen LogP contribution in [0.2, 0.25) is 18.1 Å². The van der Waals surface area contributed by atoms with Crippen molar-refractivity contribution in [2.75, 3.05) is 6.61 Å². The number of aliphatic hydroxyl groups excluding tert-OH is 1. The maximum Gasteiger partial charge on any atom is 0.250 e. The van der Waals surface area contributed by atoms with Crippen molar-refractivity contribution < 1.29 is 23.4 Å². The van der Waals surface area contributed by atoms with Gasteiger partial charge in [0.2, 0.25) is 14.6 Å². The summed E-state index contributed by atoms with van der Waals surface area (Å²) in [5.74, 6) is 1.41. The molecule has 0 spiro atoms. The number of rotatable bonds is 2. The highest BCUT2D eigenvalue weighted by molar-refractivity contribution is 6.74. The zero-order chi connectivity index (χ0) is 21.0. The Morgan fingerprint density at radius 2 is 1.79 bits per heavy atom. The molecule has 2 heterocycles. The van der Waals surface area contributed by atoms with Gasteiger partial charge in [0, 0.05) is 35.3 Å². The van der Waals surface area contributed by atoms with Crippen molar-refractivity contribution in [3.63, 3.8) is 0 Å². The van der Waals surface area contributed by atoms with E-state index in [1.54, 1.807) is 6.07 Å². The van der Waals surface area contributed by atoms with Gasteiger partial charge in [-0.25, -0.2) is 4.39 Å². The molecule has 4 nitrogen and oxygen atoms in total. The summed E-state index contributed by atoms with van der Waals surface area (Å²) >= 11 is 0. The number of fused-ring (bicyclic) bond motifs is 4. The zero-order valence-electron chi connectivity index (χ0n) is 17.5. The Kier molecular flexibility index (Phi) is 4.74. The molecule has 0 amide bonds. The number of aliphatic hydroxyl groups is 1. The van der Waals surface area contributed by atoms with E-state index in [-0.39, 0.29) is 5.04 Å². The molecule has 0 fully saturated rings. The number of halogens is 1. The molecular formula is C23H27FO4Si. The van der Waals surface area contributed by atoms with Gasteiger partial charge < -0.3 is 19.0 Å². The Morgan fingerprint density at radius 3 is 2.52 bits per heavy atom. The van der Waals surface area contributed by atoms with Crippen LogP contribution in [0.1, 0.15) is 38.3 Å². The minimum absolute atomic E-state index is 0.0860. The lowest BCUT2D eigenvalue weighted by molar-refractivity contribution is 0.0311. The van der Waals surface area contributed by atoms with E-state index in [0.29, 0.717) is 30.1 Å². The lowest BCUT2D eigenvalue weighted by Gasteiger charge is -2.36. The molecule has 6 heteroatoms. The fourth-order valence-corrected chi connectivity index (χ4v) is 4.52. The van der Waals surface area contributed by atoms with Gasteiger partial charge in [-0.3, -0.25) is 0 Å². The first-order valence-corrected chi connectivity index (χ1v) is 12.8. The summed E-state index contributed by atoms with van der Waals surface area (Å²) in [6.45, 7) is 11.5. The van der Waals surface area contributed by atoms with Crippen LogP contribution in [-0.4, -0.2) is 26.3 Å². The Morgan fingerprint density at radius 1 is 1.07 bits per heavy atom. The van der Waals surface area contributed by atoms with Gasteiger partial charge >= 0.3 is 0 Å². The van der Waals surface area contributed by atoms with E-state index in [4.69, 9.17) is 13.9 Å². The largest absolute Gasteiger partial charge is 0.543 e. The highest BCUT2D eigenvalue weighted by atomic mass is 28.4. The molecule has 2 aliphatic rings. The summed E-state index contributed by atoms with van der Waals surface area (Å²) < 4.78 is 31.7. The average molecular weight is 415 g/mol. The van der Waals surface area contributed by atoms with Crippen LogP contribution < -0.4 is 13.9 Å². The molecule has 0 bridgehead atoms. The van der Waals surface area contributed by atoms with Crippen molar-refractivity contribution in [3.8, 4) is 17.2 Å². The van der Waals surface area contributed by atoms with Crippen LogP contribution in [0.25, 0.3) is 11.1 Å². The van der Waals surface area contributed by atoms with Gasteiger partial charge in [0.15, 0.2) is 0 Å². The number of hydrogen-bond donors (Lipinski definition) is 1. The first kappa shape index (κ1) is 20.0. The zero-order valence-corrected chi connectivity index (χ0v) is 18.5. The smallest absolute Gasteiger partial charge is 0.250 e. The van der Waals surface area contributed by atoms with Gasteiger partial charge in [0.05, 0.1) is 6.61 Å². The molecule has 154 valence electrons. The Labute approximate surface area is 172 Å². The van der Waals surface area contributed by atoms with E-state index in [1.165, 1.54) is 12.1 Å². The Balaban J connectivity index is 1.77. The fraction of sp³-hybridized carbons (Fsp3) is 0.391. The fourth-order valence-electron chi connectivity index (χ4n) is 3.50. The van der Waals surface area contributed by atoms with Crippen molar-refractivity contribution in [1.29, 1.82) is 0 Å². The number of ether oxygens (including phenoxy) is 2. The van der Waals surface area contributed by atoms with E-state index < -0.39 is 20.4 Å². The maximum atomic E-state index is 13.6. The minimum Gasteiger partial charge on any atom is -0.543 e. The van der Waals surface area contributed by atoms with E-state index in [2.05, 4.69) is 33.9 Å². The summed E-state index contributed by atoms with van der Waals surface area (Å²) in [6.07, 6.45) is -0.575. The van der Waals surface area contributed by atoms with Crippen molar-refractivity contribution in [2.45, 2.75) is 51.6 Å². The molecule has 29 heavy (non-hydrogen) atoms. The third kappa shape index (κ3) is 3.55. The predicted molar refractivity (Wildman–Crippen MR) is 114 cm³/mol. The summed E-state index contributed by atoms with van der Waals surface area (Å²) in [5, 5.41) is 10.8. The molecule has 0 saturated carbocycles. The number of hydrogen-bond acceptors (Lipinski definition) is 4. The monoisotopic (exact) mass is 414 g/mol. The topological polar surface area (TPSA) is 47.9 Å². The summed E-state index contributed by atoms with van der Waals surface area (Å²) in [7, 11) is -1.98. The van der Waals surface area contributed by atoms with Gasteiger partial charge in [0.25, 0.3) is 0 Å². The molecule has 2 aromatic carbocycles. The highest BCUT2D eigenvalue weighted by Gasteiger charge is 2.39. The van der Waals surface area contributed by atoms with E-state index in [1.807, 2.05) is 18.2 Å². The summed E-state index contributed by atoms with van der Waals surface area (Å²) in [4.78, 5) is 0. The molecule has 2 aromatic rings. The summed E-state index contributed by atoms with van der Waals surface area (Å²) in [6, 6.07) is 10.2. The lowest BCUT2D eigenvalue weighted by Crippen LogP contribution is -2.43. The highest BCUT2D eigenvalue weighted by Crippen LogP contribution is 2.46. The van der Waals surface area contributed by atoms with Gasteiger partial charge in [-0.2, -0.15) is 0 Å². The van der Waals surface area contributed by atoms with E-state index >= 15 is 0 Å². The molecule has 4 rings (SSSR count). The van der Waals surface area contributed by atoms with Crippen molar-refractivity contribution >= 4 is 19.5 Å². The van der Waals surface area contributed by atoms with Crippen LogP contribution in [0.5, 0.6) is 17.2 Å². The normalized spacial score (nSPS) is 18.7. The van der Waals surface area contributed by atoms with E-state index in [0.717, 1.165) is 22.4 Å². The predicted octanol–water partition coefficient (Wildman–Crippen LogP) is 5.61. The van der Waals surface area contributed by atoms with Gasteiger partial charge in [-0.1, -0.05) is 20.8 Å². The van der Waals surface area contributed by atoms with Gasteiger partial charge in [-0.15, -0.1) is 0 Å². The number of benzene rings is 2. The average Bonchev–Trinajstić information content (AvgIpc) is 2.80. The van der Waals surface area contributed by atoms with Gasteiger partial charge in [-0.05, 0) is 48.0 Å². The van der Waals surface area contributed by atoms with Crippen LogP contribution in [0, 0.1) is 5.82 Å². The summed E-state index contributed by atoms with van der Waals surface area (Å²) in [5.41, 5.74) is 3.18. The van der Waals surface area contributed by atoms with Gasteiger partial charge in [0.1, 0.15) is 23.1 Å². The van der Waals surface area contributed by atoms with Crippen molar-refractivity contribution in [3.05, 3.63) is 53.3 Å². The molecule has 1 atom stereocenters. The third-order valence-electron chi connectivity index (χ3n) is 6.11. The molecule has 1 unspecified atom stereocenters. The quantitative estimate of drug-likeness (QED) is 0.649. The third-order valence-corrected chi connectivity index (χ3v) is 10.5. The van der Waals surface area contributed by atoms with Crippen molar-refractivity contribution in [1.82, 2.24) is 0 Å². The second kappa shape index (κ2) is 6.88. The first-order valence-electron chi connectivity index (χ1n) is 9.91. The first-order chi connectivity index (χ1) is 13.6. The molecule has 1 N–H and O–H groups in total. The van der Waals surface area contributed by atoms with Crippen LogP contribution >= 0.6 is 0 Å². The molecule has 0 saturated heterocycles. The lowest BCUT2D eigenvalue weighted by atomic mass is 9.90. The van der Waals surface area contributed by atoms with Crippen molar-refractivity contribution in [2.24, 2.45) is 0 Å². The SMILES string of the molecule is CC(C)(C)[Si](C)(C)Oc1ccc2c(c1)OCCC1=C2C(O)Oc2cc(F)ccc21. The Bertz CT molecular complexity index is 991. The van der Waals surface area contributed by atoms with Crippen LogP contribution in [0.4, 0.5) is 4.39 Å². The van der Waals surface area contributed by atoms with Crippen LogP contribution in [0.3, 0.4) is 0 Å².